The van der Waals surface area contributed by atoms with Gasteiger partial charge in [0.05, 0.1) is 18.4 Å². The van der Waals surface area contributed by atoms with Gasteiger partial charge in [-0.05, 0) is 36.6 Å². The van der Waals surface area contributed by atoms with Crippen LogP contribution in [0.5, 0.6) is 11.5 Å². The lowest BCUT2D eigenvalue weighted by molar-refractivity contribution is -0.144. The number of carbonyl (C=O) groups is 4. The van der Waals surface area contributed by atoms with Crippen molar-refractivity contribution in [3.63, 3.8) is 0 Å². The molecule has 0 bridgehead atoms. The number of fused-ring (bicyclic) bond motifs is 5. The molecule has 2 aromatic carbocycles. The molecular weight excluding hydrogens is 454 g/mol. The van der Waals surface area contributed by atoms with Gasteiger partial charge in [-0.25, -0.2) is 0 Å². The summed E-state index contributed by atoms with van der Waals surface area (Å²) in [6, 6.07) is 10.0. The second kappa shape index (κ2) is 7.54. The minimum Gasteiger partial charge on any atom is -0.481 e. The molecule has 4 aliphatic rings. The first-order chi connectivity index (χ1) is 16.8. The van der Waals surface area contributed by atoms with E-state index in [1.165, 1.54) is 4.90 Å². The Balaban J connectivity index is 1.40. The van der Waals surface area contributed by atoms with Crippen molar-refractivity contribution in [1.82, 2.24) is 10.2 Å². The van der Waals surface area contributed by atoms with Crippen LogP contribution in [0.2, 0.25) is 0 Å². The van der Waals surface area contributed by atoms with E-state index in [2.05, 4.69) is 10.6 Å². The summed E-state index contributed by atoms with van der Waals surface area (Å²) < 4.78 is 10.7. The van der Waals surface area contributed by atoms with Crippen molar-refractivity contribution in [2.24, 2.45) is 11.8 Å². The Morgan fingerprint density at radius 3 is 2.74 bits per heavy atom. The van der Waals surface area contributed by atoms with Gasteiger partial charge < -0.3 is 19.9 Å². The Morgan fingerprint density at radius 1 is 1.14 bits per heavy atom. The number of carbonyl (C=O) groups excluding carboxylic acids is 3. The Hall–Kier alpha value is -3.92. The number of ether oxygens (including phenoxy) is 2. The lowest BCUT2D eigenvalue weighted by Crippen LogP contribution is -2.53. The van der Waals surface area contributed by atoms with Gasteiger partial charge in [0.15, 0.2) is 11.5 Å². The molecule has 3 N–H and O–H groups in total. The first-order valence-electron chi connectivity index (χ1n) is 11.5. The van der Waals surface area contributed by atoms with E-state index in [-0.39, 0.29) is 26.2 Å². The molecule has 0 aliphatic carbocycles. The summed E-state index contributed by atoms with van der Waals surface area (Å²) in [6.07, 6.45) is -0.0769. The third-order valence-electron chi connectivity index (χ3n) is 7.50. The Kier molecular flexibility index (Phi) is 4.65. The summed E-state index contributed by atoms with van der Waals surface area (Å²) >= 11 is 0. The largest absolute Gasteiger partial charge is 0.481 e. The molecule has 0 radical (unpaired) electrons. The zero-order valence-corrected chi connectivity index (χ0v) is 18.9. The first-order valence-corrected chi connectivity index (χ1v) is 11.5. The van der Waals surface area contributed by atoms with Crippen molar-refractivity contribution in [3.8, 4) is 11.5 Å². The fourth-order valence-corrected chi connectivity index (χ4v) is 5.94. The first kappa shape index (κ1) is 21.6. The quantitative estimate of drug-likeness (QED) is 0.552. The molecule has 1 spiro atoms. The number of hydrogen-bond donors (Lipinski definition) is 3. The van der Waals surface area contributed by atoms with Crippen LogP contribution in [0.25, 0.3) is 0 Å². The van der Waals surface area contributed by atoms with Gasteiger partial charge in [-0.15, -0.1) is 0 Å². The van der Waals surface area contributed by atoms with Crippen LogP contribution in [-0.2, 0) is 31.3 Å². The van der Waals surface area contributed by atoms with Crippen LogP contribution in [0.3, 0.4) is 0 Å². The second-order valence-electron chi connectivity index (χ2n) is 9.40. The van der Waals surface area contributed by atoms with Crippen LogP contribution >= 0.6 is 0 Å². The normalized spacial score (nSPS) is 28.0. The van der Waals surface area contributed by atoms with Gasteiger partial charge in [-0.1, -0.05) is 24.3 Å². The maximum atomic E-state index is 13.8. The molecule has 2 fully saturated rings. The molecule has 35 heavy (non-hydrogen) atoms. The van der Waals surface area contributed by atoms with Gasteiger partial charge >= 0.3 is 5.97 Å². The van der Waals surface area contributed by atoms with E-state index in [9.17, 15) is 24.3 Å². The number of likely N-dealkylation sites (tertiary alicyclic amines) is 1. The average Bonchev–Trinajstić information content (AvgIpc) is 3.55. The van der Waals surface area contributed by atoms with Crippen LogP contribution in [0.4, 0.5) is 5.69 Å². The molecule has 4 atom stereocenters. The van der Waals surface area contributed by atoms with E-state index in [1.54, 1.807) is 24.3 Å². The molecule has 2 saturated heterocycles. The van der Waals surface area contributed by atoms with Crippen molar-refractivity contribution in [3.05, 3.63) is 53.1 Å². The summed E-state index contributed by atoms with van der Waals surface area (Å²) in [6.45, 7) is 1.99. The summed E-state index contributed by atoms with van der Waals surface area (Å²) in [5.74, 6) is -2.97. The van der Waals surface area contributed by atoms with Gasteiger partial charge in [-0.3, -0.25) is 29.4 Å². The van der Waals surface area contributed by atoms with Crippen molar-refractivity contribution in [2.75, 3.05) is 12.1 Å². The highest BCUT2D eigenvalue weighted by Crippen LogP contribution is 2.54. The third-order valence-corrected chi connectivity index (χ3v) is 7.50. The SMILES string of the molecule is Cc1cccc2c1NC(=O)C21NC(CCC(=O)O)C2C(=O)N(Cc3ccc4c(c3)OCO4)C(=O)C21. The minimum absolute atomic E-state index is 0.0192. The van der Waals surface area contributed by atoms with Crippen molar-refractivity contribution in [1.29, 1.82) is 0 Å². The molecule has 4 heterocycles. The summed E-state index contributed by atoms with van der Waals surface area (Å²) in [7, 11) is 0. The fourth-order valence-electron chi connectivity index (χ4n) is 5.94. The number of amides is 3. The number of carboxylic acid groups (broad SMARTS) is 1. The lowest BCUT2D eigenvalue weighted by Gasteiger charge is -2.29. The van der Waals surface area contributed by atoms with E-state index < -0.39 is 47.1 Å². The van der Waals surface area contributed by atoms with Gasteiger partial charge in [0.25, 0.3) is 0 Å². The maximum absolute atomic E-state index is 13.8. The molecule has 10 nitrogen and oxygen atoms in total. The number of imide groups is 1. The molecule has 10 heteroatoms. The van der Waals surface area contributed by atoms with Gasteiger partial charge in [0.1, 0.15) is 5.54 Å². The fraction of sp³-hybridized carbons (Fsp3) is 0.360. The van der Waals surface area contributed by atoms with Crippen molar-refractivity contribution in [2.45, 2.75) is 37.9 Å². The highest BCUT2D eigenvalue weighted by Gasteiger charge is 2.70. The number of benzene rings is 2. The molecule has 180 valence electrons. The molecule has 2 aromatic rings. The number of carboxylic acids is 1. The van der Waals surface area contributed by atoms with Gasteiger partial charge in [-0.2, -0.15) is 0 Å². The van der Waals surface area contributed by atoms with Crippen LogP contribution in [-0.4, -0.2) is 46.5 Å². The zero-order chi connectivity index (χ0) is 24.5. The molecule has 6 rings (SSSR count). The van der Waals surface area contributed by atoms with E-state index in [4.69, 9.17) is 9.47 Å². The number of aryl methyl sites for hydroxylation is 1. The number of hydrogen-bond acceptors (Lipinski definition) is 7. The number of nitrogens with one attached hydrogen (secondary N) is 2. The molecule has 4 unspecified atom stereocenters. The molecular formula is C25H23N3O7. The van der Waals surface area contributed by atoms with Crippen LogP contribution in [0, 0.1) is 18.8 Å². The minimum atomic E-state index is -1.44. The third kappa shape index (κ3) is 2.99. The number of nitrogens with zero attached hydrogens (tertiary/aromatic N) is 1. The second-order valence-corrected chi connectivity index (χ2v) is 9.40. The topological polar surface area (TPSA) is 134 Å². The van der Waals surface area contributed by atoms with Crippen molar-refractivity contribution >= 4 is 29.4 Å². The Morgan fingerprint density at radius 2 is 1.94 bits per heavy atom. The Bertz CT molecular complexity index is 1310. The zero-order valence-electron chi connectivity index (χ0n) is 18.9. The summed E-state index contributed by atoms with van der Waals surface area (Å²) in [5, 5.41) is 15.4. The average molecular weight is 477 g/mol. The molecule has 4 aliphatic heterocycles. The van der Waals surface area contributed by atoms with E-state index in [0.29, 0.717) is 28.3 Å². The van der Waals surface area contributed by atoms with Crippen LogP contribution in [0.1, 0.15) is 29.5 Å². The van der Waals surface area contributed by atoms with Crippen molar-refractivity contribution < 1.29 is 33.8 Å². The maximum Gasteiger partial charge on any atom is 0.303 e. The van der Waals surface area contributed by atoms with E-state index in [0.717, 1.165) is 5.56 Å². The molecule has 0 aromatic heterocycles. The summed E-state index contributed by atoms with van der Waals surface area (Å²) in [4.78, 5) is 53.5. The van der Waals surface area contributed by atoms with Crippen LogP contribution in [0.15, 0.2) is 36.4 Å². The molecule has 3 amide bonds. The lowest BCUT2D eigenvalue weighted by atomic mass is 9.76. The number of rotatable bonds is 5. The van der Waals surface area contributed by atoms with E-state index >= 15 is 0 Å². The monoisotopic (exact) mass is 477 g/mol. The highest BCUT2D eigenvalue weighted by atomic mass is 16.7. The number of aliphatic carboxylic acids is 1. The van der Waals surface area contributed by atoms with E-state index in [1.807, 2.05) is 19.1 Å². The number of para-hydroxylation sites is 1. The van der Waals surface area contributed by atoms with Gasteiger partial charge in [0.2, 0.25) is 24.5 Å². The smallest absolute Gasteiger partial charge is 0.303 e. The highest BCUT2D eigenvalue weighted by molar-refractivity contribution is 6.15. The molecule has 0 saturated carbocycles. The standard InChI is InChI=1S/C25H23N3O7/c1-12-3-2-4-14-21(12)26-24(33)25(14)20-19(15(27-25)6-8-18(29)30)22(31)28(23(20)32)10-13-5-7-16-17(9-13)35-11-34-16/h2-5,7,9,15,19-20,27H,6,8,10-11H2,1H3,(H,26,33)(H,29,30). The van der Waals surface area contributed by atoms with Gasteiger partial charge in [0, 0.05) is 23.7 Å². The Labute approximate surface area is 200 Å². The predicted molar refractivity (Wildman–Crippen MR) is 120 cm³/mol. The predicted octanol–water partition coefficient (Wildman–Crippen LogP) is 1.51. The summed E-state index contributed by atoms with van der Waals surface area (Å²) in [5.41, 5.74) is 1.32. The van der Waals surface area contributed by atoms with Crippen LogP contribution < -0.4 is 20.1 Å². The number of anilines is 1.